The van der Waals surface area contributed by atoms with Crippen molar-refractivity contribution < 1.29 is 15.0 Å². The van der Waals surface area contributed by atoms with Gasteiger partial charge in [-0.3, -0.25) is 4.79 Å². The average Bonchev–Trinajstić information content (AvgIpc) is 2.92. The highest BCUT2D eigenvalue weighted by molar-refractivity contribution is 5.87. The molecule has 4 heteroatoms. The molecular formula is C31H29NO3. The predicted octanol–water partition coefficient (Wildman–Crippen LogP) is 6.09. The van der Waals surface area contributed by atoms with Crippen molar-refractivity contribution >= 4 is 30.3 Å². The third kappa shape index (κ3) is 7.93. The van der Waals surface area contributed by atoms with Crippen molar-refractivity contribution in [3.63, 3.8) is 0 Å². The van der Waals surface area contributed by atoms with Crippen LogP contribution in [0, 0.1) is 0 Å². The van der Waals surface area contributed by atoms with E-state index in [1.807, 2.05) is 12.1 Å². The van der Waals surface area contributed by atoms with Crippen molar-refractivity contribution in [2.45, 2.75) is 6.04 Å². The largest absolute Gasteiger partial charge is 0.480 e. The number of aliphatic hydroxyl groups excluding tert-OH is 1. The van der Waals surface area contributed by atoms with Crippen molar-refractivity contribution in [1.29, 1.82) is 0 Å². The van der Waals surface area contributed by atoms with Crippen LogP contribution >= 0.6 is 0 Å². The van der Waals surface area contributed by atoms with E-state index in [1.165, 1.54) is 33.4 Å². The summed E-state index contributed by atoms with van der Waals surface area (Å²) in [6, 6.07) is 36.8. The molecule has 0 heterocycles. The summed E-state index contributed by atoms with van der Waals surface area (Å²) in [7, 11) is 0. The van der Waals surface area contributed by atoms with Crippen LogP contribution in [0.5, 0.6) is 0 Å². The van der Waals surface area contributed by atoms with Crippen LogP contribution in [0.15, 0.2) is 109 Å². The van der Waals surface area contributed by atoms with Crippen LogP contribution in [0.1, 0.15) is 22.3 Å². The molecule has 0 saturated carbocycles. The lowest BCUT2D eigenvalue weighted by Gasteiger charge is -2.10. The van der Waals surface area contributed by atoms with Gasteiger partial charge in [0.1, 0.15) is 6.04 Å². The molecule has 4 N–H and O–H groups in total. The van der Waals surface area contributed by atoms with Gasteiger partial charge >= 0.3 is 5.97 Å². The first-order valence-electron chi connectivity index (χ1n) is 11.3. The number of aliphatic hydroxyl groups is 1. The second kappa shape index (κ2) is 13.5. The summed E-state index contributed by atoms with van der Waals surface area (Å²) in [5, 5.41) is 15.9. The number of carbonyl (C=O) groups is 1. The minimum absolute atomic E-state index is 0.505. The van der Waals surface area contributed by atoms with Crippen LogP contribution in [-0.4, -0.2) is 28.8 Å². The molecule has 0 spiro atoms. The quantitative estimate of drug-likeness (QED) is 0.290. The average molecular weight is 464 g/mol. The lowest BCUT2D eigenvalue weighted by molar-refractivity contribution is -0.139. The van der Waals surface area contributed by atoms with Gasteiger partial charge in [0.05, 0.1) is 6.61 Å². The predicted molar refractivity (Wildman–Crippen MR) is 145 cm³/mol. The molecule has 0 aromatic heterocycles. The smallest absolute Gasteiger partial charge is 0.322 e. The van der Waals surface area contributed by atoms with Gasteiger partial charge in [-0.15, -0.1) is 0 Å². The highest BCUT2D eigenvalue weighted by Gasteiger charge is 2.07. The van der Waals surface area contributed by atoms with Gasteiger partial charge in [0, 0.05) is 0 Å². The fourth-order valence-electron chi connectivity index (χ4n) is 3.36. The van der Waals surface area contributed by atoms with Crippen LogP contribution in [0.2, 0.25) is 0 Å². The second-order valence-electron chi connectivity index (χ2n) is 7.79. The van der Waals surface area contributed by atoms with Crippen LogP contribution in [0.25, 0.3) is 35.4 Å². The van der Waals surface area contributed by atoms with Crippen LogP contribution < -0.4 is 5.73 Å². The summed E-state index contributed by atoms with van der Waals surface area (Å²) in [5.74, 6) is -1.18. The minimum atomic E-state index is -1.18. The van der Waals surface area contributed by atoms with Gasteiger partial charge in [-0.1, -0.05) is 133 Å². The Kier molecular flexibility index (Phi) is 9.75. The van der Waals surface area contributed by atoms with Gasteiger partial charge in [0.2, 0.25) is 0 Å². The standard InChI is InChI=1S/C28H22.C3H7NO3/c1-4-11-23(12-5-1)19-21-26-17-10-18-27(25-15-8-3-9-16-25)28(26)22-20-24-13-6-2-7-14-24;4-2(1-5)3(6)7/h1-22H;2,5H,1,4H2,(H,6,7). The van der Waals surface area contributed by atoms with E-state index in [0.717, 1.165) is 0 Å². The number of hydrogen-bond donors (Lipinski definition) is 3. The number of hydrogen-bond acceptors (Lipinski definition) is 3. The topological polar surface area (TPSA) is 83.5 Å². The highest BCUT2D eigenvalue weighted by Crippen LogP contribution is 2.29. The first-order chi connectivity index (χ1) is 17.1. The van der Waals surface area contributed by atoms with Crippen molar-refractivity contribution in [1.82, 2.24) is 0 Å². The van der Waals surface area contributed by atoms with Crippen molar-refractivity contribution in [2.24, 2.45) is 5.73 Å². The summed E-state index contributed by atoms with van der Waals surface area (Å²) in [6.45, 7) is -0.505. The Morgan fingerprint density at radius 1 is 0.686 bits per heavy atom. The number of carboxylic acids is 1. The number of carboxylic acid groups (broad SMARTS) is 1. The summed E-state index contributed by atoms with van der Waals surface area (Å²) in [6.07, 6.45) is 8.78. The SMILES string of the molecule is C(=Cc1cccc(-c2ccccc2)c1C=Cc1ccccc1)c1ccccc1.NC(CO)C(=O)O. The van der Waals surface area contributed by atoms with Crippen molar-refractivity contribution in [3.05, 3.63) is 131 Å². The third-order valence-corrected chi connectivity index (χ3v) is 5.24. The van der Waals surface area contributed by atoms with Gasteiger partial charge < -0.3 is 15.9 Å². The first-order valence-corrected chi connectivity index (χ1v) is 11.3. The molecule has 0 aliphatic rings. The molecule has 1 atom stereocenters. The van der Waals surface area contributed by atoms with Crippen LogP contribution in [0.3, 0.4) is 0 Å². The number of benzene rings is 4. The maximum absolute atomic E-state index is 9.65. The molecule has 4 nitrogen and oxygen atoms in total. The Hall–Kier alpha value is -4.25. The van der Waals surface area contributed by atoms with E-state index in [4.69, 9.17) is 15.9 Å². The van der Waals surface area contributed by atoms with E-state index >= 15 is 0 Å². The molecule has 35 heavy (non-hydrogen) atoms. The summed E-state index contributed by atoms with van der Waals surface area (Å²) >= 11 is 0. The molecule has 1 unspecified atom stereocenters. The van der Waals surface area contributed by atoms with Crippen molar-refractivity contribution in [3.8, 4) is 11.1 Å². The fourth-order valence-corrected chi connectivity index (χ4v) is 3.36. The maximum Gasteiger partial charge on any atom is 0.322 e. The molecule has 0 aliphatic carbocycles. The zero-order valence-electron chi connectivity index (χ0n) is 19.4. The molecule has 4 aromatic carbocycles. The monoisotopic (exact) mass is 463 g/mol. The molecule has 4 rings (SSSR count). The first kappa shape index (κ1) is 25.4. The van der Waals surface area contributed by atoms with E-state index in [2.05, 4.69) is 121 Å². The third-order valence-electron chi connectivity index (χ3n) is 5.24. The molecule has 176 valence electrons. The molecule has 4 aromatic rings. The summed E-state index contributed by atoms with van der Waals surface area (Å²) < 4.78 is 0. The minimum Gasteiger partial charge on any atom is -0.480 e. The van der Waals surface area contributed by atoms with Gasteiger partial charge in [-0.2, -0.15) is 0 Å². The van der Waals surface area contributed by atoms with Crippen LogP contribution in [0.4, 0.5) is 0 Å². The molecular weight excluding hydrogens is 434 g/mol. The number of aliphatic carboxylic acids is 1. The Labute approximate surface area is 206 Å². The highest BCUT2D eigenvalue weighted by atomic mass is 16.4. The molecule has 0 fully saturated rings. The zero-order chi connectivity index (χ0) is 24.9. The second-order valence-corrected chi connectivity index (χ2v) is 7.79. The lowest BCUT2D eigenvalue weighted by Crippen LogP contribution is -2.33. The number of nitrogens with two attached hydrogens (primary N) is 1. The Bertz CT molecular complexity index is 1250. The molecule has 0 saturated heterocycles. The normalized spacial score (nSPS) is 11.7. The summed E-state index contributed by atoms with van der Waals surface area (Å²) in [5.41, 5.74) is 12.1. The fraction of sp³-hybridized carbons (Fsp3) is 0.0645. The molecule has 0 amide bonds. The van der Waals surface area contributed by atoms with Crippen molar-refractivity contribution in [2.75, 3.05) is 6.61 Å². The van der Waals surface area contributed by atoms with E-state index in [9.17, 15) is 4.79 Å². The van der Waals surface area contributed by atoms with Gasteiger partial charge in [-0.25, -0.2) is 0 Å². The summed E-state index contributed by atoms with van der Waals surface area (Å²) in [4.78, 5) is 9.65. The Morgan fingerprint density at radius 2 is 1.20 bits per heavy atom. The van der Waals surface area contributed by atoms with E-state index in [-0.39, 0.29) is 0 Å². The van der Waals surface area contributed by atoms with Gasteiger partial charge in [-0.05, 0) is 33.4 Å². The van der Waals surface area contributed by atoms with E-state index in [0.29, 0.717) is 0 Å². The molecule has 0 radical (unpaired) electrons. The molecule has 0 bridgehead atoms. The van der Waals surface area contributed by atoms with Crippen LogP contribution in [-0.2, 0) is 4.79 Å². The zero-order valence-corrected chi connectivity index (χ0v) is 19.4. The van der Waals surface area contributed by atoms with E-state index in [1.54, 1.807) is 0 Å². The maximum atomic E-state index is 9.65. The van der Waals surface area contributed by atoms with Gasteiger partial charge in [0.15, 0.2) is 0 Å². The van der Waals surface area contributed by atoms with E-state index < -0.39 is 18.6 Å². The lowest BCUT2D eigenvalue weighted by atomic mass is 9.94. The Morgan fingerprint density at radius 3 is 1.69 bits per heavy atom. The number of rotatable bonds is 7. The Balaban J connectivity index is 0.000000429. The van der Waals surface area contributed by atoms with Gasteiger partial charge in [0.25, 0.3) is 0 Å². The molecule has 0 aliphatic heterocycles.